The van der Waals surface area contributed by atoms with Crippen LogP contribution in [0.4, 0.5) is 0 Å². The molecule has 0 bridgehead atoms. The zero-order chi connectivity index (χ0) is 14.4. The minimum Gasteiger partial charge on any atom is -0.349 e. The third-order valence-corrected chi connectivity index (χ3v) is 4.07. The van der Waals surface area contributed by atoms with Crippen LogP contribution in [0.25, 0.3) is 0 Å². The Morgan fingerprint density at radius 2 is 1.86 bits per heavy atom. The number of carbonyl (C=O) groups excluding carboxylic acids is 1. The van der Waals surface area contributed by atoms with Gasteiger partial charge in [0.2, 0.25) is 5.91 Å². The number of amides is 1. The molecule has 1 saturated heterocycles. The van der Waals surface area contributed by atoms with Gasteiger partial charge < -0.3 is 10.6 Å². The molecule has 0 aliphatic carbocycles. The molecule has 1 aromatic rings. The molecule has 0 aromatic heterocycles. The molecule has 1 aliphatic rings. The van der Waals surface area contributed by atoms with Crippen LogP contribution in [0.3, 0.4) is 0 Å². The summed E-state index contributed by atoms with van der Waals surface area (Å²) in [6.45, 7) is 6.40. The summed E-state index contributed by atoms with van der Waals surface area (Å²) in [4.78, 5) is 12.3. The van der Waals surface area contributed by atoms with E-state index in [1.54, 1.807) is 0 Å². The molecule has 0 spiro atoms. The third-order valence-electron chi connectivity index (χ3n) is 4.07. The molecule has 1 unspecified atom stereocenters. The van der Waals surface area contributed by atoms with Crippen molar-refractivity contribution in [2.24, 2.45) is 11.8 Å². The van der Waals surface area contributed by atoms with Crippen molar-refractivity contribution in [1.82, 2.24) is 10.6 Å². The minimum absolute atomic E-state index is 0. The van der Waals surface area contributed by atoms with Crippen LogP contribution in [-0.2, 0) is 4.79 Å². The lowest BCUT2D eigenvalue weighted by molar-refractivity contribution is -0.123. The standard InChI is InChI=1S/C17H26N2O.ClH/c1-13(2)17(15-6-4-3-5-7-15)19-16(20)12-14-8-10-18-11-9-14;/h3-7,13-14,17-18H,8-12H2,1-2H3,(H,19,20);1H. The fourth-order valence-electron chi connectivity index (χ4n) is 2.88. The highest BCUT2D eigenvalue weighted by molar-refractivity contribution is 5.85. The normalized spacial score (nSPS) is 17.1. The number of piperidine rings is 1. The number of hydrogen-bond donors (Lipinski definition) is 2. The first-order valence-electron chi connectivity index (χ1n) is 7.72. The van der Waals surface area contributed by atoms with Crippen molar-refractivity contribution in [2.75, 3.05) is 13.1 Å². The van der Waals surface area contributed by atoms with E-state index < -0.39 is 0 Å². The highest BCUT2D eigenvalue weighted by atomic mass is 35.5. The lowest BCUT2D eigenvalue weighted by atomic mass is 9.92. The van der Waals surface area contributed by atoms with Crippen molar-refractivity contribution >= 4 is 18.3 Å². The van der Waals surface area contributed by atoms with Crippen molar-refractivity contribution in [3.8, 4) is 0 Å². The second-order valence-corrected chi connectivity index (χ2v) is 6.10. The van der Waals surface area contributed by atoms with Gasteiger partial charge in [-0.3, -0.25) is 4.79 Å². The lowest BCUT2D eigenvalue weighted by Gasteiger charge is -2.26. The average Bonchev–Trinajstić information content (AvgIpc) is 2.46. The number of carbonyl (C=O) groups is 1. The first kappa shape index (κ1) is 18.0. The molecular weight excluding hydrogens is 284 g/mol. The maximum Gasteiger partial charge on any atom is 0.220 e. The molecule has 2 N–H and O–H groups in total. The molecule has 1 aliphatic heterocycles. The Hall–Kier alpha value is -1.06. The summed E-state index contributed by atoms with van der Waals surface area (Å²) in [7, 11) is 0. The quantitative estimate of drug-likeness (QED) is 0.876. The highest BCUT2D eigenvalue weighted by Crippen LogP contribution is 2.22. The number of rotatable bonds is 5. The Kier molecular flexibility index (Phi) is 7.76. The predicted octanol–water partition coefficient (Wildman–Crippen LogP) is 3.31. The van der Waals surface area contributed by atoms with Gasteiger partial charge in [-0.2, -0.15) is 0 Å². The average molecular weight is 311 g/mol. The summed E-state index contributed by atoms with van der Waals surface area (Å²) in [6.07, 6.45) is 2.90. The van der Waals surface area contributed by atoms with Gasteiger partial charge in [0.1, 0.15) is 0 Å². The fraction of sp³-hybridized carbons (Fsp3) is 0.588. The Morgan fingerprint density at radius 1 is 1.24 bits per heavy atom. The molecule has 0 radical (unpaired) electrons. The van der Waals surface area contributed by atoms with Gasteiger partial charge in [-0.1, -0.05) is 44.2 Å². The molecule has 118 valence electrons. The van der Waals surface area contributed by atoms with E-state index in [2.05, 4.69) is 36.6 Å². The smallest absolute Gasteiger partial charge is 0.220 e. The van der Waals surface area contributed by atoms with Crippen LogP contribution >= 0.6 is 12.4 Å². The second kappa shape index (κ2) is 9.06. The minimum atomic E-state index is 0. The Bertz CT molecular complexity index is 416. The van der Waals surface area contributed by atoms with E-state index in [9.17, 15) is 4.79 Å². The molecule has 1 heterocycles. The van der Waals surface area contributed by atoms with Gasteiger partial charge in [-0.05, 0) is 43.3 Å². The van der Waals surface area contributed by atoms with Crippen LogP contribution in [-0.4, -0.2) is 19.0 Å². The van der Waals surface area contributed by atoms with Crippen molar-refractivity contribution in [1.29, 1.82) is 0 Å². The monoisotopic (exact) mass is 310 g/mol. The van der Waals surface area contributed by atoms with Crippen LogP contribution in [0.1, 0.15) is 44.7 Å². The lowest BCUT2D eigenvalue weighted by Crippen LogP contribution is -2.35. The van der Waals surface area contributed by atoms with Crippen LogP contribution in [0.5, 0.6) is 0 Å². The Labute approximate surface area is 134 Å². The molecule has 1 atom stereocenters. The SMILES string of the molecule is CC(C)C(NC(=O)CC1CCNCC1)c1ccccc1.Cl. The maximum atomic E-state index is 12.3. The molecule has 21 heavy (non-hydrogen) atoms. The topological polar surface area (TPSA) is 41.1 Å². The molecular formula is C17H27ClN2O. The van der Waals surface area contributed by atoms with Crippen molar-refractivity contribution in [3.63, 3.8) is 0 Å². The van der Waals surface area contributed by atoms with Gasteiger partial charge in [-0.15, -0.1) is 12.4 Å². The molecule has 1 amide bonds. The zero-order valence-electron chi connectivity index (χ0n) is 13.0. The van der Waals surface area contributed by atoms with Gasteiger partial charge in [0.15, 0.2) is 0 Å². The summed E-state index contributed by atoms with van der Waals surface area (Å²) in [5.41, 5.74) is 1.20. The summed E-state index contributed by atoms with van der Waals surface area (Å²) in [5, 5.41) is 6.56. The van der Waals surface area contributed by atoms with Gasteiger partial charge in [0.05, 0.1) is 6.04 Å². The summed E-state index contributed by atoms with van der Waals surface area (Å²) >= 11 is 0. The van der Waals surface area contributed by atoms with Gasteiger partial charge in [-0.25, -0.2) is 0 Å². The maximum absolute atomic E-state index is 12.3. The van der Waals surface area contributed by atoms with Crippen LogP contribution in [0.2, 0.25) is 0 Å². The first-order chi connectivity index (χ1) is 9.66. The van der Waals surface area contributed by atoms with Crippen molar-refractivity contribution in [2.45, 2.75) is 39.2 Å². The summed E-state index contributed by atoms with van der Waals surface area (Å²) in [5.74, 6) is 1.13. The van der Waals surface area contributed by atoms with E-state index in [4.69, 9.17) is 0 Å². The number of halogens is 1. The fourth-order valence-corrected chi connectivity index (χ4v) is 2.88. The van der Waals surface area contributed by atoms with Crippen LogP contribution < -0.4 is 10.6 Å². The van der Waals surface area contributed by atoms with E-state index in [0.717, 1.165) is 25.9 Å². The highest BCUT2D eigenvalue weighted by Gasteiger charge is 2.21. The second-order valence-electron chi connectivity index (χ2n) is 6.10. The van der Waals surface area contributed by atoms with Crippen LogP contribution in [0.15, 0.2) is 30.3 Å². The van der Waals surface area contributed by atoms with Crippen LogP contribution in [0, 0.1) is 11.8 Å². The summed E-state index contributed by atoms with van der Waals surface area (Å²) in [6, 6.07) is 10.4. The van der Waals surface area contributed by atoms with Gasteiger partial charge in [0, 0.05) is 6.42 Å². The Balaban J connectivity index is 0.00000220. The predicted molar refractivity (Wildman–Crippen MR) is 89.6 cm³/mol. The van der Waals surface area contributed by atoms with E-state index in [1.165, 1.54) is 5.56 Å². The molecule has 2 rings (SSSR count). The largest absolute Gasteiger partial charge is 0.349 e. The van der Waals surface area contributed by atoms with Gasteiger partial charge in [0.25, 0.3) is 0 Å². The molecule has 4 heteroatoms. The molecule has 3 nitrogen and oxygen atoms in total. The molecule has 0 saturated carbocycles. The number of benzene rings is 1. The van der Waals surface area contributed by atoms with E-state index in [-0.39, 0.29) is 24.4 Å². The molecule has 1 aromatic carbocycles. The third kappa shape index (κ3) is 5.68. The Morgan fingerprint density at radius 3 is 2.43 bits per heavy atom. The number of nitrogens with one attached hydrogen (secondary N) is 2. The molecule has 1 fully saturated rings. The van der Waals surface area contributed by atoms with E-state index in [1.807, 2.05) is 18.2 Å². The zero-order valence-corrected chi connectivity index (χ0v) is 13.8. The van der Waals surface area contributed by atoms with Crippen molar-refractivity contribution < 1.29 is 4.79 Å². The van der Waals surface area contributed by atoms with E-state index >= 15 is 0 Å². The van der Waals surface area contributed by atoms with Gasteiger partial charge >= 0.3 is 0 Å². The first-order valence-corrected chi connectivity index (χ1v) is 7.72. The van der Waals surface area contributed by atoms with E-state index in [0.29, 0.717) is 18.3 Å². The van der Waals surface area contributed by atoms with Crippen molar-refractivity contribution in [3.05, 3.63) is 35.9 Å². The number of hydrogen-bond acceptors (Lipinski definition) is 2. The summed E-state index contributed by atoms with van der Waals surface area (Å²) < 4.78 is 0.